The Bertz CT molecular complexity index is 387. The first-order valence-corrected chi connectivity index (χ1v) is 6.37. The third-order valence-electron chi connectivity index (χ3n) is 3.06. The highest BCUT2D eigenvalue weighted by Crippen LogP contribution is 2.29. The van der Waals surface area contributed by atoms with Crippen LogP contribution in [0.2, 0.25) is 5.02 Å². The SMILES string of the molecule is CC1CN(c2cccc(Cl)c2CN)CC(C)O1. The summed E-state index contributed by atoms with van der Waals surface area (Å²) in [6.45, 7) is 6.43. The van der Waals surface area contributed by atoms with Gasteiger partial charge in [0.2, 0.25) is 0 Å². The molecule has 0 radical (unpaired) electrons. The molecular formula is C13H19ClN2O. The summed E-state index contributed by atoms with van der Waals surface area (Å²) >= 11 is 6.18. The van der Waals surface area contributed by atoms with Gasteiger partial charge in [0.05, 0.1) is 12.2 Å². The second-order valence-corrected chi connectivity index (χ2v) is 5.01. The van der Waals surface area contributed by atoms with Gasteiger partial charge in [0.1, 0.15) is 0 Å². The van der Waals surface area contributed by atoms with E-state index in [2.05, 4.69) is 24.8 Å². The molecule has 2 N–H and O–H groups in total. The maximum atomic E-state index is 6.18. The van der Waals surface area contributed by atoms with Crippen molar-refractivity contribution in [1.29, 1.82) is 0 Å². The van der Waals surface area contributed by atoms with Gasteiger partial charge in [-0.05, 0) is 26.0 Å². The second kappa shape index (κ2) is 5.25. The fraction of sp³-hybridized carbons (Fsp3) is 0.538. The maximum Gasteiger partial charge on any atom is 0.0726 e. The Morgan fingerprint density at radius 3 is 2.59 bits per heavy atom. The molecule has 1 aliphatic rings. The molecule has 17 heavy (non-hydrogen) atoms. The fourth-order valence-electron chi connectivity index (χ4n) is 2.42. The quantitative estimate of drug-likeness (QED) is 0.881. The number of hydrogen-bond donors (Lipinski definition) is 1. The molecule has 1 aromatic carbocycles. The van der Waals surface area contributed by atoms with E-state index in [1.54, 1.807) is 0 Å². The first-order valence-electron chi connectivity index (χ1n) is 5.99. The van der Waals surface area contributed by atoms with E-state index in [0.29, 0.717) is 6.54 Å². The third kappa shape index (κ3) is 2.73. The van der Waals surface area contributed by atoms with Crippen LogP contribution in [0.4, 0.5) is 5.69 Å². The van der Waals surface area contributed by atoms with Gasteiger partial charge in [-0.15, -0.1) is 0 Å². The van der Waals surface area contributed by atoms with Crippen LogP contribution < -0.4 is 10.6 Å². The molecule has 1 saturated heterocycles. The van der Waals surface area contributed by atoms with E-state index >= 15 is 0 Å². The lowest BCUT2D eigenvalue weighted by atomic mass is 10.1. The van der Waals surface area contributed by atoms with E-state index in [-0.39, 0.29) is 12.2 Å². The van der Waals surface area contributed by atoms with E-state index in [1.807, 2.05) is 12.1 Å². The van der Waals surface area contributed by atoms with E-state index in [9.17, 15) is 0 Å². The number of nitrogens with zero attached hydrogens (tertiary/aromatic N) is 1. The van der Waals surface area contributed by atoms with Crippen LogP contribution in [0.15, 0.2) is 18.2 Å². The maximum absolute atomic E-state index is 6.18. The Morgan fingerprint density at radius 2 is 2.00 bits per heavy atom. The molecule has 2 rings (SSSR count). The number of ether oxygens (including phenoxy) is 1. The van der Waals surface area contributed by atoms with Crippen LogP contribution in [0.3, 0.4) is 0 Å². The minimum Gasteiger partial charge on any atom is -0.372 e. The number of nitrogens with two attached hydrogens (primary N) is 1. The Labute approximate surface area is 107 Å². The second-order valence-electron chi connectivity index (χ2n) is 4.60. The van der Waals surface area contributed by atoms with Gasteiger partial charge in [-0.25, -0.2) is 0 Å². The molecule has 1 aromatic rings. The summed E-state index contributed by atoms with van der Waals surface area (Å²) < 4.78 is 5.74. The first-order chi connectivity index (χ1) is 8.11. The van der Waals surface area contributed by atoms with Crippen LogP contribution in [-0.2, 0) is 11.3 Å². The van der Waals surface area contributed by atoms with Gasteiger partial charge in [-0.1, -0.05) is 17.7 Å². The molecule has 0 spiro atoms. The van der Waals surface area contributed by atoms with Gasteiger partial charge in [0.25, 0.3) is 0 Å². The van der Waals surface area contributed by atoms with Gasteiger partial charge in [0, 0.05) is 35.9 Å². The molecule has 1 aliphatic heterocycles. The summed E-state index contributed by atoms with van der Waals surface area (Å²) in [4.78, 5) is 2.31. The smallest absolute Gasteiger partial charge is 0.0726 e. The Morgan fingerprint density at radius 1 is 1.35 bits per heavy atom. The molecule has 2 atom stereocenters. The van der Waals surface area contributed by atoms with Crippen molar-refractivity contribution in [2.24, 2.45) is 5.73 Å². The van der Waals surface area contributed by atoms with E-state index in [4.69, 9.17) is 22.1 Å². The molecule has 2 unspecified atom stereocenters. The number of hydrogen-bond acceptors (Lipinski definition) is 3. The number of morpholine rings is 1. The topological polar surface area (TPSA) is 38.5 Å². The molecule has 4 heteroatoms. The average Bonchev–Trinajstić information content (AvgIpc) is 2.27. The molecule has 0 bridgehead atoms. The highest BCUT2D eigenvalue weighted by Gasteiger charge is 2.24. The standard InChI is InChI=1S/C13H19ClN2O/c1-9-7-16(8-10(2)17-9)13-5-3-4-12(14)11(13)6-15/h3-5,9-10H,6-8,15H2,1-2H3. The largest absolute Gasteiger partial charge is 0.372 e. The average molecular weight is 255 g/mol. The molecule has 1 fully saturated rings. The van der Waals surface area contributed by atoms with Gasteiger partial charge in [-0.3, -0.25) is 0 Å². The van der Waals surface area contributed by atoms with Crippen molar-refractivity contribution in [3.63, 3.8) is 0 Å². The monoisotopic (exact) mass is 254 g/mol. The Hall–Kier alpha value is -0.770. The van der Waals surface area contributed by atoms with Gasteiger partial charge in [-0.2, -0.15) is 0 Å². The van der Waals surface area contributed by atoms with Gasteiger partial charge < -0.3 is 15.4 Å². The summed E-state index contributed by atoms with van der Waals surface area (Å²) in [5.74, 6) is 0. The van der Waals surface area contributed by atoms with Crippen LogP contribution in [0.1, 0.15) is 19.4 Å². The van der Waals surface area contributed by atoms with Crippen LogP contribution in [-0.4, -0.2) is 25.3 Å². The molecule has 94 valence electrons. The summed E-state index contributed by atoms with van der Waals surface area (Å²) in [6, 6.07) is 5.95. The molecule has 1 heterocycles. The van der Waals surface area contributed by atoms with E-state index < -0.39 is 0 Å². The Balaban J connectivity index is 2.30. The van der Waals surface area contributed by atoms with Crippen LogP contribution in [0.25, 0.3) is 0 Å². The predicted molar refractivity (Wildman–Crippen MR) is 71.6 cm³/mol. The van der Waals surface area contributed by atoms with Crippen molar-refractivity contribution in [2.45, 2.75) is 32.6 Å². The number of rotatable bonds is 2. The van der Waals surface area contributed by atoms with Gasteiger partial charge >= 0.3 is 0 Å². The summed E-state index contributed by atoms with van der Waals surface area (Å²) in [7, 11) is 0. The molecule has 0 saturated carbocycles. The van der Waals surface area contributed by atoms with Crippen LogP contribution >= 0.6 is 11.6 Å². The predicted octanol–water partition coefficient (Wildman–Crippen LogP) is 2.41. The summed E-state index contributed by atoms with van der Waals surface area (Å²) in [6.07, 6.45) is 0.478. The van der Waals surface area contributed by atoms with E-state index in [0.717, 1.165) is 29.4 Å². The zero-order valence-corrected chi connectivity index (χ0v) is 11.1. The van der Waals surface area contributed by atoms with Crippen molar-refractivity contribution in [2.75, 3.05) is 18.0 Å². The van der Waals surface area contributed by atoms with Crippen molar-refractivity contribution in [1.82, 2.24) is 0 Å². The minimum atomic E-state index is 0.239. The molecule has 0 amide bonds. The minimum absolute atomic E-state index is 0.239. The lowest BCUT2D eigenvalue weighted by Gasteiger charge is -2.37. The number of benzene rings is 1. The zero-order valence-electron chi connectivity index (χ0n) is 10.3. The molecule has 3 nitrogen and oxygen atoms in total. The molecule has 0 aromatic heterocycles. The van der Waals surface area contributed by atoms with Crippen molar-refractivity contribution < 1.29 is 4.74 Å². The van der Waals surface area contributed by atoms with Crippen molar-refractivity contribution in [3.05, 3.63) is 28.8 Å². The lowest BCUT2D eigenvalue weighted by Crippen LogP contribution is -2.45. The third-order valence-corrected chi connectivity index (χ3v) is 3.41. The van der Waals surface area contributed by atoms with Crippen molar-refractivity contribution in [3.8, 4) is 0 Å². The van der Waals surface area contributed by atoms with Gasteiger partial charge in [0.15, 0.2) is 0 Å². The summed E-state index contributed by atoms with van der Waals surface area (Å²) in [5, 5.41) is 0.747. The lowest BCUT2D eigenvalue weighted by molar-refractivity contribution is -0.00525. The zero-order chi connectivity index (χ0) is 12.4. The number of halogens is 1. The highest BCUT2D eigenvalue weighted by atomic mass is 35.5. The molecular weight excluding hydrogens is 236 g/mol. The number of anilines is 1. The summed E-state index contributed by atoms with van der Waals surface area (Å²) in [5.41, 5.74) is 7.95. The first kappa shape index (κ1) is 12.7. The van der Waals surface area contributed by atoms with E-state index in [1.165, 1.54) is 0 Å². The fourth-order valence-corrected chi connectivity index (χ4v) is 2.67. The van der Waals surface area contributed by atoms with Crippen LogP contribution in [0, 0.1) is 0 Å². The Kier molecular flexibility index (Phi) is 3.92. The van der Waals surface area contributed by atoms with Crippen molar-refractivity contribution >= 4 is 17.3 Å². The normalized spacial score (nSPS) is 25.1. The molecule has 0 aliphatic carbocycles. The van der Waals surface area contributed by atoms with Crippen LogP contribution in [0.5, 0.6) is 0 Å². The highest BCUT2D eigenvalue weighted by molar-refractivity contribution is 6.31.